The van der Waals surface area contributed by atoms with Crippen LogP contribution in [-0.2, 0) is 22.6 Å². The molecule has 0 aromatic heterocycles. The first-order chi connectivity index (χ1) is 18.0. The van der Waals surface area contributed by atoms with E-state index in [0.29, 0.717) is 18.0 Å². The molecule has 0 heterocycles. The number of rotatable bonds is 10. The number of nitrogens with one attached hydrogen (secondary N) is 1. The summed E-state index contributed by atoms with van der Waals surface area (Å²) in [5, 5.41) is 3.95. The third-order valence-corrected chi connectivity index (χ3v) is 8.44. The van der Waals surface area contributed by atoms with Crippen LogP contribution in [0.4, 0.5) is 0 Å². The van der Waals surface area contributed by atoms with Crippen molar-refractivity contribution in [2.45, 2.75) is 62.0 Å². The average Bonchev–Trinajstić information content (AvgIpc) is 2.92. The molecule has 37 heavy (non-hydrogen) atoms. The maximum Gasteiger partial charge on any atom is 0.243 e. The summed E-state index contributed by atoms with van der Waals surface area (Å²) in [6.45, 7) is 0.364. The standard InChI is InChI=1S/C30H32BrClN2O2S/c31-24-13-11-23(12-14-24)20-34(29(35)21-37-27-17-15-25(32)16-18-27)28(19-22-7-3-1-4-8-22)30(36)33-26-9-5-2-6-10-26/h1,3-4,7-8,11-18,26,28H,2,5-6,9-10,19-21H2,(H,33,36)/t28-/m0/s1. The molecule has 7 heteroatoms. The Kier molecular flexibility index (Phi) is 10.5. The molecule has 0 saturated heterocycles. The van der Waals surface area contributed by atoms with E-state index in [2.05, 4.69) is 21.2 Å². The van der Waals surface area contributed by atoms with Crippen LogP contribution in [0.25, 0.3) is 0 Å². The van der Waals surface area contributed by atoms with Gasteiger partial charge in [0.15, 0.2) is 0 Å². The topological polar surface area (TPSA) is 49.4 Å². The molecule has 1 fully saturated rings. The van der Waals surface area contributed by atoms with Gasteiger partial charge in [-0.1, -0.05) is 89.3 Å². The van der Waals surface area contributed by atoms with Gasteiger partial charge in [0, 0.05) is 33.4 Å². The predicted octanol–water partition coefficient (Wildman–Crippen LogP) is 7.28. The molecule has 0 bridgehead atoms. The number of hydrogen-bond donors (Lipinski definition) is 1. The molecule has 4 nitrogen and oxygen atoms in total. The van der Waals surface area contributed by atoms with Crippen molar-refractivity contribution in [1.29, 1.82) is 0 Å². The molecule has 0 spiro atoms. The second kappa shape index (κ2) is 14.0. The highest BCUT2D eigenvalue weighted by molar-refractivity contribution is 9.10. The lowest BCUT2D eigenvalue weighted by molar-refractivity contribution is -0.139. The Labute approximate surface area is 237 Å². The van der Waals surface area contributed by atoms with Crippen molar-refractivity contribution >= 4 is 51.1 Å². The van der Waals surface area contributed by atoms with Crippen LogP contribution in [0.5, 0.6) is 0 Å². The number of nitrogens with zero attached hydrogens (tertiary/aromatic N) is 1. The smallest absolute Gasteiger partial charge is 0.243 e. The number of carbonyl (C=O) groups excluding carboxylic acids is 2. The molecule has 4 rings (SSSR count). The van der Waals surface area contributed by atoms with Gasteiger partial charge in [-0.25, -0.2) is 0 Å². The van der Waals surface area contributed by atoms with Crippen LogP contribution >= 0.6 is 39.3 Å². The third kappa shape index (κ3) is 8.62. The Balaban J connectivity index is 1.59. The molecule has 0 aliphatic heterocycles. The number of halogens is 2. The molecular weight excluding hydrogens is 568 g/mol. The van der Waals surface area contributed by atoms with E-state index < -0.39 is 6.04 Å². The molecular formula is C30H32BrClN2O2S. The Morgan fingerprint density at radius 2 is 1.59 bits per heavy atom. The van der Waals surface area contributed by atoms with E-state index >= 15 is 0 Å². The minimum atomic E-state index is -0.605. The fraction of sp³-hybridized carbons (Fsp3) is 0.333. The van der Waals surface area contributed by atoms with Crippen molar-refractivity contribution < 1.29 is 9.59 Å². The average molecular weight is 600 g/mol. The molecule has 1 saturated carbocycles. The first-order valence-electron chi connectivity index (χ1n) is 12.7. The summed E-state index contributed by atoms with van der Waals surface area (Å²) in [7, 11) is 0. The molecule has 1 N–H and O–H groups in total. The fourth-order valence-electron chi connectivity index (χ4n) is 4.64. The molecule has 194 valence electrons. The second-order valence-electron chi connectivity index (χ2n) is 9.44. The van der Waals surface area contributed by atoms with E-state index in [1.54, 1.807) is 4.90 Å². The van der Waals surface area contributed by atoms with Crippen molar-refractivity contribution in [2.24, 2.45) is 0 Å². The largest absolute Gasteiger partial charge is 0.352 e. The third-order valence-electron chi connectivity index (χ3n) is 6.66. The zero-order chi connectivity index (χ0) is 26.0. The van der Waals surface area contributed by atoms with Gasteiger partial charge in [0.05, 0.1) is 5.75 Å². The van der Waals surface area contributed by atoms with E-state index in [0.717, 1.165) is 46.2 Å². The molecule has 3 aromatic rings. The van der Waals surface area contributed by atoms with Gasteiger partial charge in [-0.05, 0) is 60.4 Å². The highest BCUT2D eigenvalue weighted by atomic mass is 79.9. The van der Waals surface area contributed by atoms with Crippen molar-refractivity contribution in [1.82, 2.24) is 10.2 Å². The van der Waals surface area contributed by atoms with Crippen LogP contribution < -0.4 is 5.32 Å². The van der Waals surface area contributed by atoms with Gasteiger partial charge in [-0.15, -0.1) is 11.8 Å². The van der Waals surface area contributed by atoms with Gasteiger partial charge in [0.1, 0.15) is 6.04 Å². The lowest BCUT2D eigenvalue weighted by Crippen LogP contribution is -2.53. The lowest BCUT2D eigenvalue weighted by Gasteiger charge is -2.33. The quantitative estimate of drug-likeness (QED) is 0.249. The SMILES string of the molecule is O=C(NC1CCCCC1)[C@H](Cc1ccccc1)N(Cc1ccc(Br)cc1)C(=O)CSc1ccc(Cl)cc1. The first-order valence-corrected chi connectivity index (χ1v) is 14.9. The zero-order valence-electron chi connectivity index (χ0n) is 20.7. The van der Waals surface area contributed by atoms with E-state index in [9.17, 15) is 9.59 Å². The van der Waals surface area contributed by atoms with Crippen LogP contribution in [0.1, 0.15) is 43.2 Å². The predicted molar refractivity (Wildman–Crippen MR) is 156 cm³/mol. The summed E-state index contributed by atoms with van der Waals surface area (Å²) in [5.41, 5.74) is 2.02. The second-order valence-corrected chi connectivity index (χ2v) is 11.8. The molecule has 1 atom stereocenters. The molecule has 1 aliphatic carbocycles. The van der Waals surface area contributed by atoms with Crippen molar-refractivity contribution in [3.05, 3.63) is 99.5 Å². The number of carbonyl (C=O) groups is 2. The van der Waals surface area contributed by atoms with Crippen LogP contribution in [0, 0.1) is 0 Å². The first kappa shape index (κ1) is 27.7. The number of hydrogen-bond acceptors (Lipinski definition) is 3. The molecule has 2 amide bonds. The van der Waals surface area contributed by atoms with E-state index in [1.165, 1.54) is 18.2 Å². The number of amides is 2. The maximum absolute atomic E-state index is 13.8. The van der Waals surface area contributed by atoms with Gasteiger partial charge < -0.3 is 10.2 Å². The van der Waals surface area contributed by atoms with Gasteiger partial charge in [0.2, 0.25) is 11.8 Å². The van der Waals surface area contributed by atoms with Crippen LogP contribution in [0.2, 0.25) is 5.02 Å². The summed E-state index contributed by atoms with van der Waals surface area (Å²) in [5.74, 6) is 0.0977. The minimum absolute atomic E-state index is 0.0670. The molecule has 0 radical (unpaired) electrons. The number of thioether (sulfide) groups is 1. The van der Waals surface area contributed by atoms with E-state index in [1.807, 2.05) is 78.9 Å². The minimum Gasteiger partial charge on any atom is -0.352 e. The Morgan fingerprint density at radius 3 is 2.27 bits per heavy atom. The normalized spacial score (nSPS) is 14.6. The summed E-state index contributed by atoms with van der Waals surface area (Å²) in [6.07, 6.45) is 5.94. The van der Waals surface area contributed by atoms with E-state index in [4.69, 9.17) is 11.6 Å². The zero-order valence-corrected chi connectivity index (χ0v) is 23.9. The van der Waals surface area contributed by atoms with Gasteiger partial charge in [-0.3, -0.25) is 9.59 Å². The molecule has 3 aromatic carbocycles. The van der Waals surface area contributed by atoms with Crippen LogP contribution in [0.15, 0.2) is 88.2 Å². The molecule has 0 unspecified atom stereocenters. The van der Waals surface area contributed by atoms with Crippen LogP contribution in [-0.4, -0.2) is 34.6 Å². The number of benzene rings is 3. The Morgan fingerprint density at radius 1 is 0.919 bits per heavy atom. The highest BCUT2D eigenvalue weighted by Crippen LogP contribution is 2.24. The maximum atomic E-state index is 13.8. The summed E-state index contributed by atoms with van der Waals surface area (Å²) < 4.78 is 0.975. The van der Waals surface area contributed by atoms with Gasteiger partial charge >= 0.3 is 0 Å². The van der Waals surface area contributed by atoms with E-state index in [-0.39, 0.29) is 23.6 Å². The molecule has 1 aliphatic rings. The van der Waals surface area contributed by atoms with Crippen molar-refractivity contribution in [2.75, 3.05) is 5.75 Å². The van der Waals surface area contributed by atoms with Gasteiger partial charge in [-0.2, -0.15) is 0 Å². The Hall–Kier alpha value is -2.28. The van der Waals surface area contributed by atoms with Crippen molar-refractivity contribution in [3.8, 4) is 0 Å². The van der Waals surface area contributed by atoms with Gasteiger partial charge in [0.25, 0.3) is 0 Å². The summed E-state index contributed by atoms with van der Waals surface area (Å²) >= 11 is 11.0. The highest BCUT2D eigenvalue weighted by Gasteiger charge is 2.31. The monoisotopic (exact) mass is 598 g/mol. The van der Waals surface area contributed by atoms with Crippen LogP contribution in [0.3, 0.4) is 0 Å². The fourth-order valence-corrected chi connectivity index (χ4v) is 5.82. The lowest BCUT2D eigenvalue weighted by atomic mass is 9.94. The Bertz CT molecular complexity index is 1150. The summed E-state index contributed by atoms with van der Waals surface area (Å²) in [6, 6.07) is 24.9. The summed E-state index contributed by atoms with van der Waals surface area (Å²) in [4.78, 5) is 30.3. The van der Waals surface area contributed by atoms with Crippen molar-refractivity contribution in [3.63, 3.8) is 0 Å².